The van der Waals surface area contributed by atoms with E-state index in [-0.39, 0.29) is 0 Å². The average Bonchev–Trinajstić information content (AvgIpc) is 2.27. The van der Waals surface area contributed by atoms with Gasteiger partial charge in [-0.15, -0.1) is 6.58 Å². The molecule has 0 bridgehead atoms. The highest BCUT2D eigenvalue weighted by Crippen LogP contribution is 2.01. The first kappa shape index (κ1) is 13.3. The molecule has 0 aromatic carbocycles. The Labute approximate surface area is 87.6 Å². The zero-order valence-electron chi connectivity index (χ0n) is 8.69. The third kappa shape index (κ3) is 3.90. The Morgan fingerprint density at radius 3 is 2.40 bits per heavy atom. The highest BCUT2D eigenvalue weighted by Gasteiger charge is 2.37. The van der Waals surface area contributed by atoms with Crippen LogP contribution < -0.4 is 5.32 Å². The molecule has 1 N–H and O–H groups in total. The van der Waals surface area contributed by atoms with Gasteiger partial charge in [0, 0.05) is 7.11 Å². The van der Waals surface area contributed by atoms with Gasteiger partial charge in [-0.2, -0.15) is 0 Å². The molecule has 0 saturated heterocycles. The van der Waals surface area contributed by atoms with Crippen LogP contribution in [0.1, 0.15) is 0 Å². The molecule has 0 spiro atoms. The molecule has 6 heteroatoms. The van der Waals surface area contributed by atoms with E-state index in [0.29, 0.717) is 0 Å². The van der Waals surface area contributed by atoms with Crippen molar-refractivity contribution < 1.29 is 23.5 Å². The molecule has 0 fully saturated rings. The van der Waals surface area contributed by atoms with Crippen LogP contribution in [0, 0.1) is 0 Å². The smallest absolute Gasteiger partial charge is 0.453 e. The van der Waals surface area contributed by atoms with E-state index < -0.39 is 24.2 Å². The van der Waals surface area contributed by atoms with Crippen LogP contribution >= 0.6 is 0 Å². The minimum atomic E-state index is -1.03. The Morgan fingerprint density at radius 2 is 2.07 bits per heavy atom. The summed E-state index contributed by atoms with van der Waals surface area (Å²) in [5, 5.41) is 2.25. The Kier molecular flexibility index (Phi) is 5.96. The van der Waals surface area contributed by atoms with Gasteiger partial charge in [-0.1, -0.05) is 6.08 Å². The number of rotatable bonds is 5. The number of carbonyl (C=O) groups is 2. The normalized spacial score (nSPS) is 13.5. The van der Waals surface area contributed by atoms with Crippen LogP contribution in [-0.2, 0) is 18.7 Å². The number of hydrogen-bond acceptors (Lipinski definition) is 4. The molecule has 0 aliphatic heterocycles. The van der Waals surface area contributed by atoms with Crippen molar-refractivity contribution in [2.24, 2.45) is 0 Å². The maximum atomic E-state index is 11.2. The summed E-state index contributed by atoms with van der Waals surface area (Å²) < 4.78 is 13.5. The second kappa shape index (κ2) is 6.72. The van der Waals surface area contributed by atoms with E-state index >= 15 is 0 Å². The van der Waals surface area contributed by atoms with E-state index in [9.17, 15) is 9.59 Å². The number of hydrogen-bond donors (Lipinski definition) is 1. The minimum absolute atomic E-state index is 0.710. The zero-order valence-corrected chi connectivity index (χ0v) is 8.69. The third-order valence-electron chi connectivity index (χ3n) is 1.69. The van der Waals surface area contributed by atoms with Gasteiger partial charge >= 0.3 is 12.1 Å². The Morgan fingerprint density at radius 1 is 1.47 bits per heavy atom. The lowest BCUT2D eigenvalue weighted by molar-refractivity contribution is -0.372. The summed E-state index contributed by atoms with van der Waals surface area (Å²) in [5.74, 6) is -0.743. The van der Waals surface area contributed by atoms with Gasteiger partial charge in [-0.3, -0.25) is 9.74 Å². The quantitative estimate of drug-likeness (QED) is 0.510. The van der Waals surface area contributed by atoms with Crippen molar-refractivity contribution in [3.63, 3.8) is 0 Å². The first-order valence-electron chi connectivity index (χ1n) is 4.06. The first-order chi connectivity index (χ1) is 7.10. The van der Waals surface area contributed by atoms with Gasteiger partial charge in [0.05, 0.1) is 11.9 Å². The topological polar surface area (TPSA) is 75.9 Å². The lowest BCUT2D eigenvalue weighted by Gasteiger charge is -2.16. The molecule has 84 valence electrons. The van der Waals surface area contributed by atoms with Gasteiger partial charge < -0.3 is 9.47 Å². The van der Waals surface area contributed by atoms with Crippen LogP contribution in [0.4, 0.5) is 4.79 Å². The number of nitrogens with one attached hydrogen (secondary N) is 1. The molecule has 0 radical (unpaired) electrons. The SMILES string of the molecule is C=CC(OC)C(NC(=O)OC)C(=O)[O+]=C. The van der Waals surface area contributed by atoms with Gasteiger partial charge in [0.1, 0.15) is 6.10 Å². The molecule has 0 aliphatic rings. The predicted octanol–water partition coefficient (Wildman–Crippen LogP) is -0.197. The van der Waals surface area contributed by atoms with Gasteiger partial charge in [0.15, 0.2) is 6.79 Å². The third-order valence-corrected chi connectivity index (χ3v) is 1.69. The number of ether oxygens (including phenoxy) is 2. The van der Waals surface area contributed by atoms with Crippen molar-refractivity contribution in [3.05, 3.63) is 12.7 Å². The van der Waals surface area contributed by atoms with Crippen molar-refractivity contribution in [2.45, 2.75) is 12.1 Å². The van der Waals surface area contributed by atoms with E-state index in [4.69, 9.17) is 4.74 Å². The Hall–Kier alpha value is -1.69. The summed E-state index contributed by atoms with van der Waals surface area (Å²) in [6.07, 6.45) is -0.120. The summed E-state index contributed by atoms with van der Waals surface area (Å²) >= 11 is 0. The fraction of sp³-hybridized carbons (Fsp3) is 0.444. The molecule has 0 heterocycles. The van der Waals surface area contributed by atoms with Gasteiger partial charge in [-0.05, 0) is 0 Å². The van der Waals surface area contributed by atoms with Crippen LogP contribution in [0.15, 0.2) is 12.7 Å². The molecule has 2 unspecified atom stereocenters. The zero-order chi connectivity index (χ0) is 11.8. The lowest BCUT2D eigenvalue weighted by Crippen LogP contribution is -2.48. The van der Waals surface area contributed by atoms with Gasteiger partial charge in [0.25, 0.3) is 0 Å². The van der Waals surface area contributed by atoms with Crippen LogP contribution in [0.2, 0.25) is 0 Å². The summed E-state index contributed by atoms with van der Waals surface area (Å²) in [6.45, 7) is 6.42. The Balaban J connectivity index is 4.70. The monoisotopic (exact) mass is 216 g/mol. The van der Waals surface area contributed by atoms with Crippen molar-refractivity contribution in [1.29, 1.82) is 0 Å². The lowest BCUT2D eigenvalue weighted by atomic mass is 10.1. The maximum Gasteiger partial charge on any atom is 0.605 e. The predicted molar refractivity (Wildman–Crippen MR) is 52.5 cm³/mol. The minimum Gasteiger partial charge on any atom is -0.453 e. The molecular formula is C9H14NO5+. The van der Waals surface area contributed by atoms with Crippen molar-refractivity contribution >= 4 is 18.9 Å². The number of carbonyl (C=O) groups excluding carboxylic acids is 3. The highest BCUT2D eigenvalue weighted by atomic mass is 16.5. The van der Waals surface area contributed by atoms with Crippen LogP contribution in [0.5, 0.6) is 0 Å². The number of amides is 1. The molecule has 0 aromatic rings. The molecule has 0 aliphatic carbocycles. The highest BCUT2D eigenvalue weighted by molar-refractivity contribution is 5.80. The van der Waals surface area contributed by atoms with E-state index in [1.807, 2.05) is 0 Å². The standard InChI is InChI=1S/C9H13NO5/c1-5-6(13-2)7(8(11)14-3)10-9(12)15-4/h5-7H,1,3H2,2,4H3/p+1. The van der Waals surface area contributed by atoms with Crippen molar-refractivity contribution in [2.75, 3.05) is 14.2 Å². The van der Waals surface area contributed by atoms with E-state index in [1.165, 1.54) is 20.3 Å². The van der Waals surface area contributed by atoms with Crippen molar-refractivity contribution in [1.82, 2.24) is 5.32 Å². The largest absolute Gasteiger partial charge is 0.605 e. The summed E-state index contributed by atoms with van der Waals surface area (Å²) in [6, 6.07) is -1.03. The Bertz CT molecular complexity index is 263. The molecule has 6 nitrogen and oxygen atoms in total. The van der Waals surface area contributed by atoms with Crippen LogP contribution in [0.3, 0.4) is 0 Å². The fourth-order valence-corrected chi connectivity index (χ4v) is 0.919. The summed E-state index contributed by atoms with van der Waals surface area (Å²) in [4.78, 5) is 22.2. The van der Waals surface area contributed by atoms with Crippen molar-refractivity contribution in [3.8, 4) is 0 Å². The second-order valence-corrected chi connectivity index (χ2v) is 2.51. The van der Waals surface area contributed by atoms with Gasteiger partial charge in [0.2, 0.25) is 6.04 Å². The number of methoxy groups -OCH3 is 2. The van der Waals surface area contributed by atoms with Gasteiger partial charge in [-0.25, -0.2) is 4.79 Å². The summed E-state index contributed by atoms with van der Waals surface area (Å²) in [7, 11) is 2.55. The summed E-state index contributed by atoms with van der Waals surface area (Å²) in [5.41, 5.74) is 0. The van der Waals surface area contributed by atoms with Crippen LogP contribution in [0.25, 0.3) is 0 Å². The molecule has 15 heavy (non-hydrogen) atoms. The molecule has 0 aromatic heterocycles. The fourth-order valence-electron chi connectivity index (χ4n) is 0.919. The molecule has 2 atom stereocenters. The van der Waals surface area contributed by atoms with E-state index in [2.05, 4.69) is 27.8 Å². The molecule has 0 saturated carbocycles. The van der Waals surface area contributed by atoms with E-state index in [1.54, 1.807) is 0 Å². The first-order valence-corrected chi connectivity index (χ1v) is 4.06. The average molecular weight is 216 g/mol. The maximum absolute atomic E-state index is 11.2. The van der Waals surface area contributed by atoms with Crippen LogP contribution in [-0.4, -0.2) is 45.2 Å². The molecule has 1 amide bonds. The molecule has 0 rings (SSSR count). The second-order valence-electron chi connectivity index (χ2n) is 2.51. The van der Waals surface area contributed by atoms with E-state index in [0.717, 1.165) is 0 Å². The molecular weight excluding hydrogens is 202 g/mol. The number of alkyl carbamates (subject to hydrolysis) is 1.